The van der Waals surface area contributed by atoms with Gasteiger partial charge in [0.1, 0.15) is 10.6 Å². The highest BCUT2D eigenvalue weighted by atomic mass is 35.5. The van der Waals surface area contributed by atoms with Gasteiger partial charge in [0.2, 0.25) is 0 Å². The molecule has 6 nitrogen and oxygen atoms in total. The number of halogens is 1. The number of nitrogens with zero attached hydrogens (tertiary/aromatic N) is 4. The lowest BCUT2D eigenvalue weighted by Crippen LogP contribution is -2.48. The fourth-order valence-electron chi connectivity index (χ4n) is 4.11. The number of hydrogen-bond acceptors (Lipinski definition) is 5. The molecule has 164 valence electrons. The van der Waals surface area contributed by atoms with Gasteiger partial charge in [-0.25, -0.2) is 4.68 Å². The second-order valence-corrected chi connectivity index (χ2v) is 9.22. The van der Waals surface area contributed by atoms with Gasteiger partial charge in [-0.05, 0) is 49.4 Å². The molecule has 0 atom stereocenters. The molecule has 0 spiro atoms. The first-order chi connectivity index (χ1) is 15.5. The van der Waals surface area contributed by atoms with Crippen LogP contribution in [0.4, 0.5) is 5.69 Å². The van der Waals surface area contributed by atoms with E-state index in [1.54, 1.807) is 7.11 Å². The fourth-order valence-corrected chi connectivity index (χ4v) is 5.38. The van der Waals surface area contributed by atoms with Gasteiger partial charge in [-0.1, -0.05) is 23.7 Å². The average molecular weight is 467 g/mol. The van der Waals surface area contributed by atoms with E-state index in [1.165, 1.54) is 11.3 Å². The second kappa shape index (κ2) is 8.48. The summed E-state index contributed by atoms with van der Waals surface area (Å²) >= 11 is 7.52. The molecule has 0 N–H and O–H groups in total. The van der Waals surface area contributed by atoms with E-state index in [9.17, 15) is 4.79 Å². The van der Waals surface area contributed by atoms with Crippen molar-refractivity contribution >= 4 is 44.7 Å². The summed E-state index contributed by atoms with van der Waals surface area (Å²) in [6, 6.07) is 17.6. The number of carbonyl (C=O) groups is 1. The Balaban J connectivity index is 1.36. The zero-order valence-electron chi connectivity index (χ0n) is 17.9. The maximum absolute atomic E-state index is 13.3. The summed E-state index contributed by atoms with van der Waals surface area (Å²) in [5.74, 6) is 0.937. The number of carbonyl (C=O) groups excluding carboxylic acids is 1. The summed E-state index contributed by atoms with van der Waals surface area (Å²) in [7, 11) is 1.69. The highest BCUT2D eigenvalue weighted by Crippen LogP contribution is 2.32. The van der Waals surface area contributed by atoms with Gasteiger partial charge >= 0.3 is 0 Å². The number of para-hydroxylation sites is 2. The third-order valence-corrected chi connectivity index (χ3v) is 7.17. The smallest absolute Gasteiger partial charge is 0.264 e. The van der Waals surface area contributed by atoms with E-state index < -0.39 is 0 Å². The van der Waals surface area contributed by atoms with Crippen molar-refractivity contribution in [2.75, 3.05) is 38.2 Å². The SMILES string of the molecule is COc1ccccc1N1CCN(C(=O)c2cc3c(C)nn(-c4ccc(Cl)cc4)c3s2)CC1. The molecule has 32 heavy (non-hydrogen) atoms. The molecule has 1 saturated heterocycles. The molecule has 0 saturated carbocycles. The summed E-state index contributed by atoms with van der Waals surface area (Å²) in [5, 5.41) is 6.36. The molecule has 0 aliphatic carbocycles. The summed E-state index contributed by atoms with van der Waals surface area (Å²) in [6.07, 6.45) is 0. The number of aryl methyl sites for hydroxylation is 1. The molecule has 1 aliphatic heterocycles. The number of benzene rings is 2. The fraction of sp³-hybridized carbons (Fsp3) is 0.250. The van der Waals surface area contributed by atoms with Crippen molar-refractivity contribution in [3.63, 3.8) is 0 Å². The van der Waals surface area contributed by atoms with Crippen molar-refractivity contribution in [3.05, 3.63) is 70.2 Å². The molecule has 1 fully saturated rings. The molecular formula is C24H23ClN4O2S. The Morgan fingerprint density at radius 2 is 1.78 bits per heavy atom. The van der Waals surface area contributed by atoms with Crippen LogP contribution < -0.4 is 9.64 Å². The Morgan fingerprint density at radius 3 is 2.50 bits per heavy atom. The van der Waals surface area contributed by atoms with Crippen LogP contribution >= 0.6 is 22.9 Å². The summed E-state index contributed by atoms with van der Waals surface area (Å²) in [5.41, 5.74) is 2.91. The summed E-state index contributed by atoms with van der Waals surface area (Å²) in [4.78, 5) is 19.2. The van der Waals surface area contributed by atoms with Crippen molar-refractivity contribution in [1.29, 1.82) is 0 Å². The molecule has 0 unspecified atom stereocenters. The zero-order chi connectivity index (χ0) is 22.2. The highest BCUT2D eigenvalue weighted by Gasteiger charge is 2.26. The van der Waals surface area contributed by atoms with Gasteiger partial charge in [-0.3, -0.25) is 4.79 Å². The van der Waals surface area contributed by atoms with Crippen LogP contribution in [-0.2, 0) is 0 Å². The molecule has 8 heteroatoms. The monoisotopic (exact) mass is 466 g/mol. The molecule has 2 aromatic carbocycles. The Hall–Kier alpha value is -3.03. The Labute approximate surface area is 195 Å². The molecule has 1 aliphatic rings. The minimum Gasteiger partial charge on any atom is -0.495 e. The standard InChI is InChI=1S/C24H23ClN4O2S/c1-16-19-15-22(32-24(19)29(26-16)18-9-7-17(25)8-10-18)23(30)28-13-11-27(12-14-28)20-5-3-4-6-21(20)31-2/h3-10,15H,11-14H2,1-2H3. The first-order valence-electron chi connectivity index (χ1n) is 10.5. The van der Waals surface area contributed by atoms with Crippen LogP contribution in [0.25, 0.3) is 15.9 Å². The second-order valence-electron chi connectivity index (χ2n) is 7.75. The molecule has 1 amide bonds. The van der Waals surface area contributed by atoms with Crippen molar-refractivity contribution in [1.82, 2.24) is 14.7 Å². The number of thiophene rings is 1. The largest absolute Gasteiger partial charge is 0.495 e. The predicted molar refractivity (Wildman–Crippen MR) is 130 cm³/mol. The molecule has 4 aromatic rings. The molecule has 5 rings (SSSR count). The van der Waals surface area contributed by atoms with Crippen LogP contribution in [0.2, 0.25) is 5.02 Å². The lowest BCUT2D eigenvalue weighted by molar-refractivity contribution is 0.0751. The third-order valence-electron chi connectivity index (χ3n) is 5.82. The van der Waals surface area contributed by atoms with Gasteiger partial charge in [0.15, 0.2) is 0 Å². The first-order valence-corrected chi connectivity index (χ1v) is 11.7. The number of hydrogen-bond donors (Lipinski definition) is 0. The number of anilines is 1. The topological polar surface area (TPSA) is 50.6 Å². The number of ether oxygens (including phenoxy) is 1. The quantitative estimate of drug-likeness (QED) is 0.423. The molecule has 0 bridgehead atoms. The van der Waals surface area contributed by atoms with Gasteiger partial charge in [-0.15, -0.1) is 11.3 Å². The molecule has 2 aromatic heterocycles. The van der Waals surface area contributed by atoms with E-state index >= 15 is 0 Å². The number of fused-ring (bicyclic) bond motifs is 1. The van der Waals surface area contributed by atoms with Gasteiger partial charge < -0.3 is 14.5 Å². The maximum atomic E-state index is 13.3. The summed E-state index contributed by atoms with van der Waals surface area (Å²) < 4.78 is 7.39. The van der Waals surface area contributed by atoms with Crippen molar-refractivity contribution < 1.29 is 9.53 Å². The number of methoxy groups -OCH3 is 1. The zero-order valence-corrected chi connectivity index (χ0v) is 19.5. The van der Waals surface area contributed by atoms with E-state index in [0.717, 1.165) is 51.0 Å². The van der Waals surface area contributed by atoms with Gasteiger partial charge in [-0.2, -0.15) is 5.10 Å². The Kier molecular flexibility index (Phi) is 5.53. The van der Waals surface area contributed by atoms with Gasteiger partial charge in [0, 0.05) is 36.6 Å². The van der Waals surface area contributed by atoms with Crippen LogP contribution in [0.15, 0.2) is 54.6 Å². The van der Waals surface area contributed by atoms with Crippen molar-refractivity contribution in [3.8, 4) is 11.4 Å². The van der Waals surface area contributed by atoms with Crippen LogP contribution in [0.3, 0.4) is 0 Å². The number of aromatic nitrogens is 2. The third kappa shape index (κ3) is 3.72. The van der Waals surface area contributed by atoms with Crippen molar-refractivity contribution in [2.45, 2.75) is 6.92 Å². The maximum Gasteiger partial charge on any atom is 0.264 e. The van der Waals surface area contributed by atoms with Crippen LogP contribution in [0.1, 0.15) is 15.4 Å². The van der Waals surface area contributed by atoms with Crippen molar-refractivity contribution in [2.24, 2.45) is 0 Å². The lowest BCUT2D eigenvalue weighted by atomic mass is 10.2. The Bertz CT molecular complexity index is 1270. The van der Waals surface area contributed by atoms with E-state index in [2.05, 4.69) is 16.1 Å². The number of amides is 1. The van der Waals surface area contributed by atoms with E-state index in [-0.39, 0.29) is 5.91 Å². The number of piperazine rings is 1. The normalized spacial score (nSPS) is 14.2. The Morgan fingerprint density at radius 1 is 1.06 bits per heavy atom. The average Bonchev–Trinajstić information content (AvgIpc) is 3.40. The highest BCUT2D eigenvalue weighted by molar-refractivity contribution is 7.20. The van der Waals surface area contributed by atoms with Crippen LogP contribution in [-0.4, -0.2) is 53.9 Å². The molecule has 3 heterocycles. The van der Waals surface area contributed by atoms with E-state index in [0.29, 0.717) is 18.1 Å². The first kappa shape index (κ1) is 20.8. The lowest BCUT2D eigenvalue weighted by Gasteiger charge is -2.36. The predicted octanol–water partition coefficient (Wildman–Crippen LogP) is 5.02. The minimum absolute atomic E-state index is 0.0768. The summed E-state index contributed by atoms with van der Waals surface area (Å²) in [6.45, 7) is 4.87. The van der Waals surface area contributed by atoms with E-state index in [4.69, 9.17) is 16.3 Å². The van der Waals surface area contributed by atoms with Crippen LogP contribution in [0.5, 0.6) is 5.75 Å². The van der Waals surface area contributed by atoms with E-state index in [1.807, 2.05) is 65.0 Å². The number of rotatable bonds is 4. The molecule has 0 radical (unpaired) electrons. The van der Waals surface area contributed by atoms with Gasteiger partial charge in [0.05, 0.1) is 29.1 Å². The van der Waals surface area contributed by atoms with Crippen LogP contribution in [0, 0.1) is 6.92 Å². The van der Waals surface area contributed by atoms with Gasteiger partial charge in [0.25, 0.3) is 5.91 Å². The minimum atomic E-state index is 0.0768. The molecular weight excluding hydrogens is 444 g/mol.